The van der Waals surface area contributed by atoms with E-state index >= 15 is 0 Å². The van der Waals surface area contributed by atoms with Gasteiger partial charge in [-0.15, -0.1) is 0 Å². The van der Waals surface area contributed by atoms with E-state index in [4.69, 9.17) is 10.5 Å². The van der Waals surface area contributed by atoms with E-state index in [1.54, 1.807) is 6.20 Å². The van der Waals surface area contributed by atoms with Crippen molar-refractivity contribution in [2.24, 2.45) is 0 Å². The number of aryl methyl sites for hydroxylation is 1. The zero-order chi connectivity index (χ0) is 13.1. The number of aromatic nitrogens is 1. The normalized spacial score (nSPS) is 10.7. The SMILES string of the molecule is Cc1cc(N)cnc1-c1ccc(OC(C)C)cc1. The average molecular weight is 242 g/mol. The van der Waals surface area contributed by atoms with Crippen LogP contribution < -0.4 is 10.5 Å². The number of nitrogens with two attached hydrogens (primary N) is 1. The van der Waals surface area contributed by atoms with Crippen LogP contribution in [0.5, 0.6) is 5.75 Å². The smallest absolute Gasteiger partial charge is 0.119 e. The first kappa shape index (κ1) is 12.4. The van der Waals surface area contributed by atoms with Crippen molar-refractivity contribution in [2.75, 3.05) is 5.73 Å². The van der Waals surface area contributed by atoms with Gasteiger partial charge in [0.1, 0.15) is 5.75 Å². The maximum Gasteiger partial charge on any atom is 0.119 e. The molecule has 0 saturated heterocycles. The highest BCUT2D eigenvalue weighted by Crippen LogP contribution is 2.24. The highest BCUT2D eigenvalue weighted by atomic mass is 16.5. The van der Waals surface area contributed by atoms with Crippen molar-refractivity contribution in [3.63, 3.8) is 0 Å². The van der Waals surface area contributed by atoms with Crippen LogP contribution >= 0.6 is 0 Å². The zero-order valence-electron chi connectivity index (χ0n) is 11.0. The van der Waals surface area contributed by atoms with E-state index in [-0.39, 0.29) is 6.10 Å². The highest BCUT2D eigenvalue weighted by molar-refractivity contribution is 5.65. The Morgan fingerprint density at radius 1 is 1.17 bits per heavy atom. The lowest BCUT2D eigenvalue weighted by atomic mass is 10.1. The minimum absolute atomic E-state index is 0.187. The third kappa shape index (κ3) is 2.80. The Bertz CT molecular complexity index is 533. The Labute approximate surface area is 108 Å². The monoisotopic (exact) mass is 242 g/mol. The van der Waals surface area contributed by atoms with Gasteiger partial charge in [0.05, 0.1) is 23.7 Å². The van der Waals surface area contributed by atoms with Crippen LogP contribution in [0.4, 0.5) is 5.69 Å². The van der Waals surface area contributed by atoms with Gasteiger partial charge in [0.15, 0.2) is 0 Å². The first-order valence-electron chi connectivity index (χ1n) is 6.05. The van der Waals surface area contributed by atoms with Gasteiger partial charge in [-0.05, 0) is 56.7 Å². The Balaban J connectivity index is 2.28. The summed E-state index contributed by atoms with van der Waals surface area (Å²) in [6.45, 7) is 6.04. The molecule has 0 bridgehead atoms. The van der Waals surface area contributed by atoms with E-state index in [1.165, 1.54) is 0 Å². The van der Waals surface area contributed by atoms with Gasteiger partial charge in [0, 0.05) is 5.56 Å². The summed E-state index contributed by atoms with van der Waals surface area (Å²) in [5.41, 5.74) is 9.50. The fourth-order valence-corrected chi connectivity index (χ4v) is 1.86. The zero-order valence-corrected chi connectivity index (χ0v) is 11.0. The maximum atomic E-state index is 5.70. The van der Waals surface area contributed by atoms with E-state index in [0.29, 0.717) is 5.69 Å². The van der Waals surface area contributed by atoms with Crippen LogP contribution in [-0.4, -0.2) is 11.1 Å². The summed E-state index contributed by atoms with van der Waals surface area (Å²) >= 11 is 0. The van der Waals surface area contributed by atoms with Gasteiger partial charge in [0.25, 0.3) is 0 Å². The molecule has 0 aliphatic heterocycles. The summed E-state index contributed by atoms with van der Waals surface area (Å²) in [5, 5.41) is 0. The molecule has 0 radical (unpaired) electrons. The minimum atomic E-state index is 0.187. The van der Waals surface area contributed by atoms with Crippen LogP contribution in [0.25, 0.3) is 11.3 Å². The molecule has 1 aromatic heterocycles. The van der Waals surface area contributed by atoms with E-state index in [2.05, 4.69) is 4.98 Å². The Morgan fingerprint density at radius 3 is 2.39 bits per heavy atom. The first-order chi connectivity index (χ1) is 8.56. The summed E-state index contributed by atoms with van der Waals surface area (Å²) in [6, 6.07) is 9.90. The van der Waals surface area contributed by atoms with E-state index in [0.717, 1.165) is 22.6 Å². The van der Waals surface area contributed by atoms with E-state index < -0.39 is 0 Å². The van der Waals surface area contributed by atoms with Gasteiger partial charge in [-0.2, -0.15) is 0 Å². The third-order valence-corrected chi connectivity index (χ3v) is 2.60. The number of hydrogen-bond acceptors (Lipinski definition) is 3. The predicted octanol–water partition coefficient (Wildman–Crippen LogP) is 3.43. The van der Waals surface area contributed by atoms with Crippen LogP contribution in [0.3, 0.4) is 0 Å². The number of benzene rings is 1. The Morgan fingerprint density at radius 2 is 1.83 bits per heavy atom. The van der Waals surface area contributed by atoms with Crippen molar-refractivity contribution in [3.05, 3.63) is 42.1 Å². The molecule has 0 unspecified atom stereocenters. The molecule has 3 heteroatoms. The minimum Gasteiger partial charge on any atom is -0.491 e. The number of ether oxygens (including phenoxy) is 1. The number of rotatable bonds is 3. The van der Waals surface area contributed by atoms with Crippen LogP contribution in [0.2, 0.25) is 0 Å². The summed E-state index contributed by atoms with van der Waals surface area (Å²) in [7, 11) is 0. The van der Waals surface area contributed by atoms with Crippen molar-refractivity contribution in [3.8, 4) is 17.0 Å². The van der Waals surface area contributed by atoms with Crippen LogP contribution in [0, 0.1) is 6.92 Å². The predicted molar refractivity (Wildman–Crippen MR) is 74.6 cm³/mol. The number of hydrogen-bond donors (Lipinski definition) is 1. The molecule has 0 aliphatic carbocycles. The largest absolute Gasteiger partial charge is 0.491 e. The van der Waals surface area contributed by atoms with Crippen molar-refractivity contribution >= 4 is 5.69 Å². The van der Waals surface area contributed by atoms with Crippen molar-refractivity contribution in [1.82, 2.24) is 4.98 Å². The van der Waals surface area contributed by atoms with Crippen LogP contribution in [0.1, 0.15) is 19.4 Å². The summed E-state index contributed by atoms with van der Waals surface area (Å²) in [4.78, 5) is 4.37. The molecule has 1 heterocycles. The number of nitrogen functional groups attached to an aromatic ring is 1. The standard InChI is InChI=1S/C15H18N2O/c1-10(2)18-14-6-4-12(5-7-14)15-11(3)8-13(16)9-17-15/h4-10H,16H2,1-3H3. The summed E-state index contributed by atoms with van der Waals surface area (Å²) in [5.74, 6) is 0.877. The molecule has 3 nitrogen and oxygen atoms in total. The molecule has 2 N–H and O–H groups in total. The third-order valence-electron chi connectivity index (χ3n) is 2.60. The molecular formula is C15H18N2O. The lowest BCUT2D eigenvalue weighted by Gasteiger charge is -2.10. The van der Waals surface area contributed by atoms with Gasteiger partial charge in [0.2, 0.25) is 0 Å². The molecule has 0 atom stereocenters. The van der Waals surface area contributed by atoms with E-state index in [1.807, 2.05) is 51.1 Å². The summed E-state index contributed by atoms with van der Waals surface area (Å²) in [6.07, 6.45) is 1.87. The number of anilines is 1. The van der Waals surface area contributed by atoms with Crippen molar-refractivity contribution < 1.29 is 4.74 Å². The molecule has 0 spiro atoms. The van der Waals surface area contributed by atoms with Gasteiger partial charge >= 0.3 is 0 Å². The van der Waals surface area contributed by atoms with Crippen LogP contribution in [0.15, 0.2) is 36.5 Å². The Hall–Kier alpha value is -2.03. The second-order valence-corrected chi connectivity index (χ2v) is 4.63. The van der Waals surface area contributed by atoms with Gasteiger partial charge < -0.3 is 10.5 Å². The lowest BCUT2D eigenvalue weighted by Crippen LogP contribution is -2.05. The Kier molecular flexibility index (Phi) is 3.51. The molecule has 0 fully saturated rings. The number of nitrogens with zero attached hydrogens (tertiary/aromatic N) is 1. The topological polar surface area (TPSA) is 48.1 Å². The fourth-order valence-electron chi connectivity index (χ4n) is 1.86. The molecular weight excluding hydrogens is 224 g/mol. The van der Waals surface area contributed by atoms with Gasteiger partial charge in [-0.1, -0.05) is 0 Å². The first-order valence-corrected chi connectivity index (χ1v) is 6.05. The lowest BCUT2D eigenvalue weighted by molar-refractivity contribution is 0.242. The molecule has 0 amide bonds. The number of pyridine rings is 1. The molecule has 2 rings (SSSR count). The second kappa shape index (κ2) is 5.08. The molecule has 18 heavy (non-hydrogen) atoms. The van der Waals surface area contributed by atoms with Crippen LogP contribution in [-0.2, 0) is 0 Å². The maximum absolute atomic E-state index is 5.70. The fraction of sp³-hybridized carbons (Fsp3) is 0.267. The average Bonchev–Trinajstić information content (AvgIpc) is 2.30. The molecule has 1 aromatic carbocycles. The molecule has 2 aromatic rings. The molecule has 94 valence electrons. The van der Waals surface area contributed by atoms with Gasteiger partial charge in [-0.3, -0.25) is 4.98 Å². The summed E-state index contributed by atoms with van der Waals surface area (Å²) < 4.78 is 5.61. The second-order valence-electron chi connectivity index (χ2n) is 4.63. The quantitative estimate of drug-likeness (QED) is 0.897. The van der Waals surface area contributed by atoms with E-state index in [9.17, 15) is 0 Å². The highest BCUT2D eigenvalue weighted by Gasteiger charge is 2.04. The molecule has 0 aliphatic rings. The van der Waals surface area contributed by atoms with Crippen molar-refractivity contribution in [2.45, 2.75) is 26.9 Å². The van der Waals surface area contributed by atoms with Gasteiger partial charge in [-0.25, -0.2) is 0 Å². The van der Waals surface area contributed by atoms with Crippen molar-refractivity contribution in [1.29, 1.82) is 0 Å². The molecule has 0 saturated carbocycles.